The van der Waals surface area contributed by atoms with E-state index < -0.39 is 11.7 Å². The molecule has 34 heavy (non-hydrogen) atoms. The van der Waals surface area contributed by atoms with Crippen LogP contribution in [0.1, 0.15) is 36.8 Å². The highest BCUT2D eigenvalue weighted by Crippen LogP contribution is 2.37. The van der Waals surface area contributed by atoms with Crippen molar-refractivity contribution in [1.29, 1.82) is 0 Å². The Bertz CT molecular complexity index is 940. The molecule has 0 N–H and O–H groups in total. The van der Waals surface area contributed by atoms with E-state index in [-0.39, 0.29) is 11.1 Å². The van der Waals surface area contributed by atoms with Gasteiger partial charge in [0.2, 0.25) is 0 Å². The molecule has 2 aromatic carbocycles. The summed E-state index contributed by atoms with van der Waals surface area (Å²) in [5, 5.41) is 4.45. The second kappa shape index (κ2) is 14.6. The molecule has 0 heterocycles. The van der Waals surface area contributed by atoms with Gasteiger partial charge in [0, 0.05) is 12.1 Å². The van der Waals surface area contributed by atoms with Gasteiger partial charge in [-0.05, 0) is 49.5 Å². The van der Waals surface area contributed by atoms with Crippen LogP contribution in [-0.4, -0.2) is 26.0 Å². The zero-order chi connectivity index (χ0) is 25.0. The number of hydrogen-bond donors (Lipinski definition) is 0. The van der Waals surface area contributed by atoms with E-state index in [1.165, 1.54) is 24.4 Å². The smallest absolute Gasteiger partial charge is 0.416 e. The third-order valence-corrected chi connectivity index (χ3v) is 5.22. The van der Waals surface area contributed by atoms with Gasteiger partial charge in [-0.3, -0.25) is 0 Å². The van der Waals surface area contributed by atoms with Gasteiger partial charge in [0.25, 0.3) is 0 Å². The third kappa shape index (κ3) is 10.6. The predicted molar refractivity (Wildman–Crippen MR) is 131 cm³/mol. The Labute approximate surface area is 216 Å². The average molecular weight is 559 g/mol. The zero-order valence-corrected chi connectivity index (χ0v) is 20.9. The summed E-state index contributed by atoms with van der Waals surface area (Å²) in [6.45, 7) is 1.03. The van der Waals surface area contributed by atoms with Gasteiger partial charge in [-0.2, -0.15) is 13.2 Å². The van der Waals surface area contributed by atoms with E-state index in [1.807, 2.05) is 0 Å². The Morgan fingerprint density at radius 2 is 1.50 bits per heavy atom. The van der Waals surface area contributed by atoms with E-state index in [0.29, 0.717) is 40.3 Å². The standard InChI is InChI=1S/C23H22Cl4F3NO3/c24-19-13-18(32-12-9-21(26)27)14-20(25)22(19)33-10-3-1-2-4-11-34-31-15-16-5-7-17(8-6-16)23(28,29)30/h5-9,13-15H,1-4,10-12H2/b31-15+. The number of unbranched alkanes of at least 4 members (excludes halogenated alkanes) is 3. The van der Waals surface area contributed by atoms with Crippen LogP contribution in [0.15, 0.2) is 52.1 Å². The molecule has 4 nitrogen and oxygen atoms in total. The highest BCUT2D eigenvalue weighted by Gasteiger charge is 2.29. The predicted octanol–water partition coefficient (Wildman–Crippen LogP) is 8.70. The molecule has 0 aliphatic heterocycles. The van der Waals surface area contributed by atoms with Crippen molar-refractivity contribution in [1.82, 2.24) is 0 Å². The van der Waals surface area contributed by atoms with Gasteiger partial charge in [-0.15, -0.1) is 0 Å². The lowest BCUT2D eigenvalue weighted by Gasteiger charge is -2.12. The number of alkyl halides is 3. The second-order valence-corrected chi connectivity index (χ2v) is 8.79. The fourth-order valence-corrected chi connectivity index (χ4v) is 3.37. The zero-order valence-electron chi connectivity index (χ0n) is 17.9. The number of ether oxygens (including phenoxy) is 2. The van der Waals surface area contributed by atoms with Gasteiger partial charge >= 0.3 is 6.18 Å². The van der Waals surface area contributed by atoms with Crippen molar-refractivity contribution in [2.45, 2.75) is 31.9 Å². The first kappa shape index (κ1) is 28.4. The quantitative estimate of drug-likeness (QED) is 0.140. The number of rotatable bonds is 13. The van der Waals surface area contributed by atoms with Crippen molar-refractivity contribution in [2.24, 2.45) is 5.16 Å². The fraction of sp³-hybridized carbons (Fsp3) is 0.348. The third-order valence-electron chi connectivity index (χ3n) is 4.35. The highest BCUT2D eigenvalue weighted by molar-refractivity contribution is 6.55. The molecule has 2 aromatic rings. The molecule has 11 heteroatoms. The molecule has 0 aliphatic rings. The van der Waals surface area contributed by atoms with Crippen LogP contribution in [0.4, 0.5) is 13.2 Å². The summed E-state index contributed by atoms with van der Waals surface area (Å²) in [5.74, 6) is 0.858. The summed E-state index contributed by atoms with van der Waals surface area (Å²) >= 11 is 23.5. The fourth-order valence-electron chi connectivity index (χ4n) is 2.66. The average Bonchev–Trinajstić information content (AvgIpc) is 2.76. The van der Waals surface area contributed by atoms with E-state index in [2.05, 4.69) is 5.16 Å². The van der Waals surface area contributed by atoms with Crippen LogP contribution < -0.4 is 9.47 Å². The molecule has 0 unspecified atom stereocenters. The van der Waals surface area contributed by atoms with Crippen molar-refractivity contribution >= 4 is 52.6 Å². The van der Waals surface area contributed by atoms with Crippen LogP contribution in [0.5, 0.6) is 11.5 Å². The Hall–Kier alpha value is -1.80. The summed E-state index contributed by atoms with van der Waals surface area (Å²) in [7, 11) is 0. The molecule has 0 saturated carbocycles. The normalized spacial score (nSPS) is 11.5. The molecule has 0 atom stereocenters. The molecule has 0 spiro atoms. The molecule has 0 radical (unpaired) electrons. The lowest BCUT2D eigenvalue weighted by molar-refractivity contribution is -0.137. The van der Waals surface area contributed by atoms with Gasteiger partial charge in [-0.1, -0.05) is 63.7 Å². The van der Waals surface area contributed by atoms with Gasteiger partial charge < -0.3 is 14.3 Å². The molecule has 2 rings (SSSR count). The molecule has 0 fully saturated rings. The van der Waals surface area contributed by atoms with Crippen molar-refractivity contribution in [3.8, 4) is 11.5 Å². The highest BCUT2D eigenvalue weighted by atomic mass is 35.5. The van der Waals surface area contributed by atoms with Crippen LogP contribution in [0.3, 0.4) is 0 Å². The van der Waals surface area contributed by atoms with Crippen molar-refractivity contribution in [3.05, 3.63) is 68.1 Å². The molecule has 0 saturated heterocycles. The molecular formula is C23H22Cl4F3NO3. The van der Waals surface area contributed by atoms with Gasteiger partial charge in [-0.25, -0.2) is 0 Å². The molecule has 0 aliphatic carbocycles. The van der Waals surface area contributed by atoms with Crippen LogP contribution >= 0.6 is 46.4 Å². The van der Waals surface area contributed by atoms with Crippen LogP contribution in [0.25, 0.3) is 0 Å². The van der Waals surface area contributed by atoms with E-state index in [1.54, 1.807) is 12.1 Å². The monoisotopic (exact) mass is 557 g/mol. The SMILES string of the molecule is FC(F)(F)c1ccc(/C=N/OCCCCCCOc2c(Cl)cc(OCC=C(Cl)Cl)cc2Cl)cc1. The molecule has 0 aromatic heterocycles. The molecule has 0 amide bonds. The molecular weight excluding hydrogens is 537 g/mol. The summed E-state index contributed by atoms with van der Waals surface area (Å²) in [6, 6.07) is 7.88. The van der Waals surface area contributed by atoms with Crippen LogP contribution in [-0.2, 0) is 11.0 Å². The number of oxime groups is 1. The summed E-state index contributed by atoms with van der Waals surface area (Å²) in [5.41, 5.74) is -0.176. The van der Waals surface area contributed by atoms with E-state index in [9.17, 15) is 13.2 Å². The molecule has 186 valence electrons. The Balaban J connectivity index is 1.59. The van der Waals surface area contributed by atoms with Gasteiger partial charge in [0.15, 0.2) is 5.75 Å². The molecule has 0 bridgehead atoms. The summed E-state index contributed by atoms with van der Waals surface area (Å²) in [4.78, 5) is 5.15. The van der Waals surface area contributed by atoms with E-state index >= 15 is 0 Å². The number of nitrogens with zero attached hydrogens (tertiary/aromatic N) is 1. The maximum atomic E-state index is 12.5. The van der Waals surface area contributed by atoms with E-state index in [4.69, 9.17) is 60.7 Å². The minimum Gasteiger partial charge on any atom is -0.490 e. The Morgan fingerprint density at radius 3 is 2.09 bits per heavy atom. The maximum absolute atomic E-state index is 12.5. The van der Waals surface area contributed by atoms with Crippen LogP contribution in [0, 0.1) is 0 Å². The topological polar surface area (TPSA) is 40.0 Å². The van der Waals surface area contributed by atoms with Crippen molar-refractivity contribution < 1.29 is 27.5 Å². The van der Waals surface area contributed by atoms with Gasteiger partial charge in [0.1, 0.15) is 23.5 Å². The first-order chi connectivity index (χ1) is 16.2. The summed E-state index contributed by atoms with van der Waals surface area (Å²) < 4.78 is 48.8. The number of halogens is 7. The first-order valence-corrected chi connectivity index (χ1v) is 11.8. The van der Waals surface area contributed by atoms with Gasteiger partial charge in [0.05, 0.1) is 28.4 Å². The largest absolute Gasteiger partial charge is 0.490 e. The Morgan fingerprint density at radius 1 is 0.882 bits per heavy atom. The maximum Gasteiger partial charge on any atom is 0.416 e. The minimum atomic E-state index is -4.35. The Kier molecular flexibility index (Phi) is 12.2. The second-order valence-electron chi connectivity index (χ2n) is 6.97. The minimum absolute atomic E-state index is 0.106. The summed E-state index contributed by atoms with van der Waals surface area (Å²) in [6.07, 6.45) is 1.87. The van der Waals surface area contributed by atoms with Crippen LogP contribution in [0.2, 0.25) is 10.0 Å². The number of hydrogen-bond acceptors (Lipinski definition) is 4. The first-order valence-electron chi connectivity index (χ1n) is 10.2. The van der Waals surface area contributed by atoms with E-state index in [0.717, 1.165) is 37.8 Å². The number of benzene rings is 2. The van der Waals surface area contributed by atoms with Crippen molar-refractivity contribution in [2.75, 3.05) is 19.8 Å². The van der Waals surface area contributed by atoms with Crippen molar-refractivity contribution in [3.63, 3.8) is 0 Å². The lowest BCUT2D eigenvalue weighted by Crippen LogP contribution is -2.04. The lowest BCUT2D eigenvalue weighted by atomic mass is 10.1.